The number of nitrogens with zero attached hydrogens (tertiary/aromatic N) is 2. The quantitative estimate of drug-likeness (QED) is 0.602. The molecule has 2 N–H and O–H groups in total. The van der Waals surface area contributed by atoms with Crippen LogP contribution in [0.25, 0.3) is 0 Å². The van der Waals surface area contributed by atoms with Gasteiger partial charge in [0.05, 0.1) is 11.0 Å². The van der Waals surface area contributed by atoms with Gasteiger partial charge in [0.2, 0.25) is 10.0 Å². The number of hydrogen-bond donors (Lipinski definition) is 2. The number of hydrogen-bond acceptors (Lipinski definition) is 5. The molecule has 7 nitrogen and oxygen atoms in total. The van der Waals surface area contributed by atoms with E-state index in [0.717, 1.165) is 6.54 Å². The average molecular weight is 381 g/mol. The number of carbonyl (C=O) groups is 1. The summed E-state index contributed by atoms with van der Waals surface area (Å²) in [4.78, 5) is 14.6. The zero-order valence-corrected chi connectivity index (χ0v) is 16.6. The van der Waals surface area contributed by atoms with E-state index in [-0.39, 0.29) is 23.8 Å². The normalized spacial score (nSPS) is 11.8. The molecule has 0 heterocycles. The predicted molar refractivity (Wildman–Crippen MR) is 101 cm³/mol. The zero-order valence-electron chi connectivity index (χ0n) is 15.8. The second-order valence-corrected chi connectivity index (χ2v) is 8.28. The first-order chi connectivity index (χ1) is 12.2. The zero-order chi connectivity index (χ0) is 19.7. The van der Waals surface area contributed by atoms with Crippen LogP contribution in [-0.2, 0) is 10.0 Å². The van der Waals surface area contributed by atoms with Gasteiger partial charge in [0.15, 0.2) is 0 Å². The summed E-state index contributed by atoms with van der Waals surface area (Å²) in [5.41, 5.74) is 0.404. The Morgan fingerprint density at radius 2 is 1.69 bits per heavy atom. The fraction of sp³-hybridized carbons (Fsp3) is 0.556. The Hall–Kier alpha value is -1.95. The van der Waals surface area contributed by atoms with Crippen LogP contribution in [0.2, 0.25) is 0 Å². The molecule has 8 heteroatoms. The molecule has 0 unspecified atom stereocenters. The average Bonchev–Trinajstić information content (AvgIpc) is 2.58. The third-order valence-corrected chi connectivity index (χ3v) is 5.41. The highest BCUT2D eigenvalue weighted by molar-refractivity contribution is 7.89. The van der Waals surface area contributed by atoms with E-state index >= 15 is 0 Å². The number of carbonyl (C=O) groups excluding carboxylic acids is 1. The van der Waals surface area contributed by atoms with Gasteiger partial charge in [0.1, 0.15) is 0 Å². The Bertz CT molecular complexity index is 714. The van der Waals surface area contributed by atoms with Crippen molar-refractivity contribution in [2.24, 2.45) is 0 Å². The number of sulfonamides is 1. The molecular formula is C18H28N4O3S. The molecule has 0 saturated heterocycles. The third kappa shape index (κ3) is 6.75. The van der Waals surface area contributed by atoms with Gasteiger partial charge in [0, 0.05) is 43.7 Å². The lowest BCUT2D eigenvalue weighted by atomic mass is 10.2. The van der Waals surface area contributed by atoms with Crippen molar-refractivity contribution in [1.29, 1.82) is 5.26 Å². The summed E-state index contributed by atoms with van der Waals surface area (Å²) in [5, 5.41) is 11.3. The number of nitrogens with one attached hydrogen (secondary N) is 2. The van der Waals surface area contributed by atoms with Crippen LogP contribution in [0.1, 0.15) is 44.5 Å². The van der Waals surface area contributed by atoms with Crippen LogP contribution in [0, 0.1) is 11.3 Å². The van der Waals surface area contributed by atoms with Crippen molar-refractivity contribution >= 4 is 15.9 Å². The summed E-state index contributed by atoms with van der Waals surface area (Å²) in [6, 6.07) is 8.40. The molecule has 1 rings (SSSR count). The molecule has 26 heavy (non-hydrogen) atoms. The molecule has 0 fully saturated rings. The fourth-order valence-electron chi connectivity index (χ4n) is 2.62. The van der Waals surface area contributed by atoms with Crippen molar-refractivity contribution in [1.82, 2.24) is 14.9 Å². The van der Waals surface area contributed by atoms with Crippen LogP contribution in [0.3, 0.4) is 0 Å². The highest BCUT2D eigenvalue weighted by atomic mass is 32.2. The van der Waals surface area contributed by atoms with Crippen LogP contribution in [0.4, 0.5) is 0 Å². The van der Waals surface area contributed by atoms with E-state index < -0.39 is 10.0 Å². The second kappa shape index (κ2) is 10.3. The molecule has 0 aliphatic heterocycles. The van der Waals surface area contributed by atoms with Crippen LogP contribution in [-0.4, -0.2) is 50.9 Å². The van der Waals surface area contributed by atoms with Crippen LogP contribution in [0.5, 0.6) is 0 Å². The van der Waals surface area contributed by atoms with Gasteiger partial charge in [-0.3, -0.25) is 9.69 Å². The van der Waals surface area contributed by atoms with E-state index in [1.165, 1.54) is 24.3 Å². The van der Waals surface area contributed by atoms with E-state index in [2.05, 4.69) is 42.6 Å². The summed E-state index contributed by atoms with van der Waals surface area (Å²) >= 11 is 0. The molecule has 0 saturated carbocycles. The maximum absolute atomic E-state index is 12.2. The maximum Gasteiger partial charge on any atom is 0.251 e. The van der Waals surface area contributed by atoms with Crippen molar-refractivity contribution in [3.05, 3.63) is 29.8 Å². The molecule has 144 valence electrons. The number of nitriles is 1. The van der Waals surface area contributed by atoms with E-state index in [0.29, 0.717) is 24.2 Å². The Morgan fingerprint density at radius 1 is 1.12 bits per heavy atom. The predicted octanol–water partition coefficient (Wildman–Crippen LogP) is 1.73. The molecule has 1 amide bonds. The summed E-state index contributed by atoms with van der Waals surface area (Å²) in [7, 11) is -3.66. The molecule has 0 aliphatic rings. The van der Waals surface area contributed by atoms with Crippen molar-refractivity contribution in [3.63, 3.8) is 0 Å². The summed E-state index contributed by atoms with van der Waals surface area (Å²) < 4.78 is 26.4. The van der Waals surface area contributed by atoms with Crippen LogP contribution in [0.15, 0.2) is 29.2 Å². The van der Waals surface area contributed by atoms with Gasteiger partial charge in [-0.25, -0.2) is 13.1 Å². The van der Waals surface area contributed by atoms with Crippen LogP contribution < -0.4 is 10.0 Å². The highest BCUT2D eigenvalue weighted by Crippen LogP contribution is 2.11. The monoisotopic (exact) mass is 380 g/mol. The minimum absolute atomic E-state index is 0.0588. The van der Waals surface area contributed by atoms with Crippen molar-refractivity contribution in [2.45, 2.75) is 51.1 Å². The minimum Gasteiger partial charge on any atom is -0.351 e. The summed E-state index contributed by atoms with van der Waals surface area (Å²) in [5.74, 6) is -0.237. The summed E-state index contributed by atoms with van der Waals surface area (Å²) in [6.45, 7) is 9.79. The van der Waals surface area contributed by atoms with Gasteiger partial charge in [-0.05, 0) is 52.0 Å². The maximum atomic E-state index is 12.2. The van der Waals surface area contributed by atoms with Crippen LogP contribution >= 0.6 is 0 Å². The standard InChI is InChI=1S/C18H28N4O3S/c1-14(2)22(15(3)4)13-12-20-18(23)16-6-8-17(9-7-16)26(24,25)21-11-5-10-19/h6-9,14-15,21H,5,11-13H2,1-4H3,(H,20,23). The molecule has 0 spiro atoms. The smallest absolute Gasteiger partial charge is 0.251 e. The van der Waals surface area contributed by atoms with Gasteiger partial charge in [0.25, 0.3) is 5.91 Å². The molecule has 0 aliphatic carbocycles. The van der Waals surface area contributed by atoms with Gasteiger partial charge in [-0.1, -0.05) is 0 Å². The van der Waals surface area contributed by atoms with Crippen molar-refractivity contribution in [2.75, 3.05) is 19.6 Å². The minimum atomic E-state index is -3.66. The van der Waals surface area contributed by atoms with Crippen molar-refractivity contribution in [3.8, 4) is 6.07 Å². The third-order valence-electron chi connectivity index (χ3n) is 3.94. The van der Waals surface area contributed by atoms with Gasteiger partial charge >= 0.3 is 0 Å². The topological polar surface area (TPSA) is 102 Å². The largest absolute Gasteiger partial charge is 0.351 e. The molecule has 0 aromatic heterocycles. The van der Waals surface area contributed by atoms with Gasteiger partial charge in [-0.15, -0.1) is 0 Å². The number of amides is 1. The summed E-state index contributed by atoms with van der Waals surface area (Å²) in [6.07, 6.45) is 0.101. The Labute approximate surface area is 156 Å². The van der Waals surface area contributed by atoms with E-state index in [9.17, 15) is 13.2 Å². The SMILES string of the molecule is CC(C)N(CCNC(=O)c1ccc(S(=O)(=O)NCCC#N)cc1)C(C)C. The molecule has 1 aromatic carbocycles. The van der Waals surface area contributed by atoms with E-state index in [1.54, 1.807) is 0 Å². The lowest BCUT2D eigenvalue weighted by molar-refractivity contribution is 0.0939. The first-order valence-electron chi connectivity index (χ1n) is 8.69. The van der Waals surface area contributed by atoms with Crippen molar-refractivity contribution < 1.29 is 13.2 Å². The van der Waals surface area contributed by atoms with E-state index in [4.69, 9.17) is 5.26 Å². The molecule has 0 radical (unpaired) electrons. The lowest BCUT2D eigenvalue weighted by Crippen LogP contribution is -2.42. The number of benzene rings is 1. The van der Waals surface area contributed by atoms with Gasteiger partial charge in [-0.2, -0.15) is 5.26 Å². The first kappa shape index (κ1) is 22.1. The fourth-order valence-corrected chi connectivity index (χ4v) is 3.66. The molecular weight excluding hydrogens is 352 g/mol. The lowest BCUT2D eigenvalue weighted by Gasteiger charge is -2.30. The molecule has 1 aromatic rings. The number of rotatable bonds is 10. The molecule has 0 bridgehead atoms. The van der Waals surface area contributed by atoms with E-state index in [1.807, 2.05) is 6.07 Å². The Kier molecular flexibility index (Phi) is 8.72. The highest BCUT2D eigenvalue weighted by Gasteiger charge is 2.15. The Morgan fingerprint density at radius 3 is 2.19 bits per heavy atom. The second-order valence-electron chi connectivity index (χ2n) is 6.51. The first-order valence-corrected chi connectivity index (χ1v) is 10.2. The Balaban J connectivity index is 2.63. The molecule has 0 atom stereocenters. The van der Waals surface area contributed by atoms with Gasteiger partial charge < -0.3 is 5.32 Å².